The van der Waals surface area contributed by atoms with E-state index in [-0.39, 0.29) is 0 Å². The number of ether oxygens (including phenoxy) is 3. The van der Waals surface area contributed by atoms with E-state index in [4.69, 9.17) is 29.2 Å². The molecule has 2 saturated heterocycles. The first-order chi connectivity index (χ1) is 17.3. The van der Waals surface area contributed by atoms with E-state index in [1.807, 2.05) is 42.7 Å². The highest BCUT2D eigenvalue weighted by molar-refractivity contribution is 5.88. The Morgan fingerprint density at radius 3 is 2.51 bits per heavy atom. The first kappa shape index (κ1) is 22.0. The summed E-state index contributed by atoms with van der Waals surface area (Å²) in [6.45, 7) is 4.95. The molecule has 2 aromatic carbocycles. The van der Waals surface area contributed by atoms with Gasteiger partial charge in [0.25, 0.3) is 0 Å². The highest BCUT2D eigenvalue weighted by Gasteiger charge is 2.24. The smallest absolute Gasteiger partial charge is 0.228 e. The van der Waals surface area contributed by atoms with Crippen molar-refractivity contribution in [1.82, 2.24) is 19.5 Å². The van der Waals surface area contributed by atoms with Crippen LogP contribution in [0.25, 0.3) is 22.4 Å². The highest BCUT2D eigenvalue weighted by Crippen LogP contribution is 2.33. The molecule has 4 heterocycles. The highest BCUT2D eigenvalue weighted by atomic mass is 16.5. The molecule has 8 nitrogen and oxygen atoms in total. The molecule has 0 atom stereocenters. The predicted molar refractivity (Wildman–Crippen MR) is 134 cm³/mol. The molecule has 2 aliphatic rings. The topological polar surface area (TPSA) is 74.5 Å². The molecule has 4 aromatic rings. The van der Waals surface area contributed by atoms with Crippen LogP contribution in [0.1, 0.15) is 24.4 Å². The minimum absolute atomic E-state index is 0.328. The molecule has 0 amide bonds. The summed E-state index contributed by atoms with van der Waals surface area (Å²) in [5, 5.41) is 0. The predicted octanol–water partition coefficient (Wildman–Crippen LogP) is 4.26. The molecular weight excluding hydrogens is 442 g/mol. The third-order valence-corrected chi connectivity index (χ3v) is 6.64. The van der Waals surface area contributed by atoms with Crippen molar-refractivity contribution < 1.29 is 14.2 Å². The van der Waals surface area contributed by atoms with Crippen molar-refractivity contribution in [3.63, 3.8) is 0 Å². The third-order valence-electron chi connectivity index (χ3n) is 6.64. The largest absolute Gasteiger partial charge is 0.489 e. The number of imidazole rings is 1. The Balaban J connectivity index is 1.39. The minimum atomic E-state index is 0.328. The number of anilines is 1. The van der Waals surface area contributed by atoms with Gasteiger partial charge in [0.2, 0.25) is 5.95 Å². The third kappa shape index (κ3) is 4.72. The first-order valence-corrected chi connectivity index (χ1v) is 12.3. The van der Waals surface area contributed by atoms with Gasteiger partial charge in [-0.3, -0.25) is 0 Å². The first-order valence-electron chi connectivity index (χ1n) is 12.3. The molecule has 0 bridgehead atoms. The van der Waals surface area contributed by atoms with Crippen LogP contribution in [0.2, 0.25) is 0 Å². The SMILES string of the molecule is c1ccc(COc2cccc(-c3nc(N4CCOCC4)nc4c3ncn4C3CCOCC3)c2)cc1. The molecular formula is C27H29N5O3. The zero-order valence-corrected chi connectivity index (χ0v) is 19.7. The van der Waals surface area contributed by atoms with Crippen LogP contribution < -0.4 is 9.64 Å². The van der Waals surface area contributed by atoms with E-state index < -0.39 is 0 Å². The van der Waals surface area contributed by atoms with Crippen molar-refractivity contribution in [3.05, 3.63) is 66.5 Å². The monoisotopic (exact) mass is 471 g/mol. The van der Waals surface area contributed by atoms with E-state index in [2.05, 4.69) is 27.7 Å². The number of morpholine rings is 1. The summed E-state index contributed by atoms with van der Waals surface area (Å²) in [4.78, 5) is 17.0. The van der Waals surface area contributed by atoms with Gasteiger partial charge >= 0.3 is 0 Å². The molecule has 0 spiro atoms. The van der Waals surface area contributed by atoms with Crippen LogP contribution in [0.5, 0.6) is 5.75 Å². The Labute approximate surface area is 204 Å². The van der Waals surface area contributed by atoms with Gasteiger partial charge in [0.05, 0.1) is 19.5 Å². The van der Waals surface area contributed by atoms with Crippen molar-refractivity contribution in [2.45, 2.75) is 25.5 Å². The lowest BCUT2D eigenvalue weighted by Gasteiger charge is -2.28. The van der Waals surface area contributed by atoms with Gasteiger partial charge < -0.3 is 23.7 Å². The number of benzene rings is 2. The Hall–Kier alpha value is -3.49. The normalized spacial score (nSPS) is 17.1. The second kappa shape index (κ2) is 10.0. The maximum atomic E-state index is 6.10. The number of aromatic nitrogens is 4. The van der Waals surface area contributed by atoms with Gasteiger partial charge in [-0.15, -0.1) is 0 Å². The molecule has 35 heavy (non-hydrogen) atoms. The van der Waals surface area contributed by atoms with Crippen molar-refractivity contribution in [2.75, 3.05) is 44.4 Å². The van der Waals surface area contributed by atoms with Gasteiger partial charge in [0.15, 0.2) is 5.65 Å². The zero-order chi connectivity index (χ0) is 23.5. The number of nitrogens with zero attached hydrogens (tertiary/aromatic N) is 5. The molecule has 0 unspecified atom stereocenters. The van der Waals surface area contributed by atoms with Gasteiger partial charge in [-0.25, -0.2) is 9.97 Å². The van der Waals surface area contributed by atoms with Gasteiger partial charge in [-0.1, -0.05) is 42.5 Å². The second-order valence-corrected chi connectivity index (χ2v) is 8.94. The molecule has 2 aliphatic heterocycles. The van der Waals surface area contributed by atoms with E-state index in [1.54, 1.807) is 0 Å². The van der Waals surface area contributed by atoms with Gasteiger partial charge in [-0.2, -0.15) is 4.98 Å². The van der Waals surface area contributed by atoms with E-state index >= 15 is 0 Å². The van der Waals surface area contributed by atoms with Gasteiger partial charge in [-0.05, 0) is 30.5 Å². The van der Waals surface area contributed by atoms with Crippen LogP contribution in [0.15, 0.2) is 60.9 Å². The lowest BCUT2D eigenvalue weighted by molar-refractivity contribution is 0.0704. The average Bonchev–Trinajstić information content (AvgIpc) is 3.37. The van der Waals surface area contributed by atoms with Crippen molar-refractivity contribution in [1.29, 1.82) is 0 Å². The van der Waals surface area contributed by atoms with Crippen molar-refractivity contribution in [3.8, 4) is 17.0 Å². The fourth-order valence-electron chi connectivity index (χ4n) is 4.72. The van der Waals surface area contributed by atoms with Crippen LogP contribution in [0.4, 0.5) is 5.95 Å². The molecule has 2 aromatic heterocycles. The molecule has 2 fully saturated rings. The number of fused-ring (bicyclic) bond motifs is 1. The van der Waals surface area contributed by atoms with Crippen LogP contribution in [0, 0.1) is 0 Å². The van der Waals surface area contributed by atoms with Crippen LogP contribution in [0.3, 0.4) is 0 Å². The van der Waals surface area contributed by atoms with Gasteiger partial charge in [0.1, 0.15) is 23.6 Å². The molecule has 180 valence electrons. The molecule has 6 rings (SSSR count). The molecule has 8 heteroatoms. The maximum absolute atomic E-state index is 6.10. The summed E-state index contributed by atoms with van der Waals surface area (Å²) < 4.78 is 19.5. The lowest BCUT2D eigenvalue weighted by atomic mass is 10.1. The Morgan fingerprint density at radius 2 is 1.69 bits per heavy atom. The van der Waals surface area contributed by atoms with E-state index in [0.717, 1.165) is 78.8 Å². The summed E-state index contributed by atoms with van der Waals surface area (Å²) in [6, 6.07) is 18.6. The fraction of sp³-hybridized carbons (Fsp3) is 0.370. The van der Waals surface area contributed by atoms with Crippen LogP contribution >= 0.6 is 0 Å². The number of hydrogen-bond acceptors (Lipinski definition) is 7. The Kier molecular flexibility index (Phi) is 6.30. The fourth-order valence-corrected chi connectivity index (χ4v) is 4.72. The average molecular weight is 472 g/mol. The second-order valence-electron chi connectivity index (χ2n) is 8.94. The van der Waals surface area contributed by atoms with Crippen LogP contribution in [-0.4, -0.2) is 59.0 Å². The molecule has 0 radical (unpaired) electrons. The minimum Gasteiger partial charge on any atom is -0.489 e. The van der Waals surface area contributed by atoms with E-state index in [0.29, 0.717) is 25.9 Å². The van der Waals surface area contributed by atoms with Crippen molar-refractivity contribution >= 4 is 17.1 Å². The molecule has 0 aliphatic carbocycles. The Bertz CT molecular complexity index is 1280. The van der Waals surface area contributed by atoms with Crippen LogP contribution in [-0.2, 0) is 16.1 Å². The van der Waals surface area contributed by atoms with E-state index in [1.165, 1.54) is 0 Å². The van der Waals surface area contributed by atoms with E-state index in [9.17, 15) is 0 Å². The number of hydrogen-bond donors (Lipinski definition) is 0. The molecule has 0 N–H and O–H groups in total. The summed E-state index contributed by atoms with van der Waals surface area (Å²) >= 11 is 0. The van der Waals surface area contributed by atoms with Gasteiger partial charge in [0, 0.05) is 37.9 Å². The summed E-state index contributed by atoms with van der Waals surface area (Å²) in [5.41, 5.74) is 4.61. The maximum Gasteiger partial charge on any atom is 0.228 e. The summed E-state index contributed by atoms with van der Waals surface area (Å²) in [6.07, 6.45) is 3.83. The van der Waals surface area contributed by atoms with Crippen molar-refractivity contribution in [2.24, 2.45) is 0 Å². The number of rotatable bonds is 6. The summed E-state index contributed by atoms with van der Waals surface area (Å²) in [7, 11) is 0. The summed E-state index contributed by atoms with van der Waals surface area (Å²) in [5.74, 6) is 1.52. The standard InChI is InChI=1S/C27H29N5O3/c1-2-5-20(6-3-1)18-35-23-8-4-7-21(17-23)24-25-26(30-27(29-24)31-11-15-34-16-12-31)32(19-28-25)22-9-13-33-14-10-22/h1-8,17,19,22H,9-16,18H2. The quantitative estimate of drug-likeness (QED) is 0.416. The lowest BCUT2D eigenvalue weighted by Crippen LogP contribution is -2.37. The Morgan fingerprint density at radius 1 is 0.886 bits per heavy atom. The zero-order valence-electron chi connectivity index (χ0n) is 19.7. The molecule has 0 saturated carbocycles.